The van der Waals surface area contributed by atoms with Crippen molar-refractivity contribution in [1.29, 1.82) is 0 Å². The van der Waals surface area contributed by atoms with Crippen LogP contribution in [0, 0.1) is 0 Å². The Kier molecular flexibility index (Phi) is 6.54. The summed E-state index contributed by atoms with van der Waals surface area (Å²) in [5.74, 6) is -0.0629. The normalized spacial score (nSPS) is 13.0. The van der Waals surface area contributed by atoms with Gasteiger partial charge in [0.1, 0.15) is 6.10 Å². The molecule has 0 radical (unpaired) electrons. The molecule has 13 heavy (non-hydrogen) atoms. The maximum absolute atomic E-state index is 11.3. The molecule has 0 saturated carbocycles. The molecule has 3 N–H and O–H groups in total. The third-order valence-corrected chi connectivity index (χ3v) is 1.52. The summed E-state index contributed by atoms with van der Waals surface area (Å²) in [6.07, 6.45) is 0.410. The molecule has 0 bridgehead atoms. The van der Waals surface area contributed by atoms with E-state index in [0.717, 1.165) is 6.42 Å². The smallest absolute Gasteiger partial charge is 0.249 e. The van der Waals surface area contributed by atoms with E-state index in [4.69, 9.17) is 10.5 Å². The van der Waals surface area contributed by atoms with E-state index in [2.05, 4.69) is 5.32 Å². The number of rotatable bonds is 6. The molecule has 0 aromatic rings. The van der Waals surface area contributed by atoms with Gasteiger partial charge in [0.15, 0.2) is 0 Å². The van der Waals surface area contributed by atoms with Crippen LogP contribution in [-0.2, 0) is 9.53 Å². The van der Waals surface area contributed by atoms with Gasteiger partial charge < -0.3 is 15.8 Å². The Balaban J connectivity index is 3.57. The molecule has 78 valence electrons. The van der Waals surface area contributed by atoms with E-state index in [9.17, 15) is 4.79 Å². The van der Waals surface area contributed by atoms with Gasteiger partial charge in [-0.3, -0.25) is 4.79 Å². The SMILES string of the molecule is CC(C)NC(=O)C(C)OCCCN. The van der Waals surface area contributed by atoms with Crippen LogP contribution < -0.4 is 11.1 Å². The highest BCUT2D eigenvalue weighted by Gasteiger charge is 2.12. The first-order valence-corrected chi connectivity index (χ1v) is 4.70. The molecule has 0 aliphatic heterocycles. The standard InChI is InChI=1S/C9H20N2O2/c1-7(2)11-9(12)8(3)13-6-4-5-10/h7-8H,4-6,10H2,1-3H3,(H,11,12). The summed E-state index contributed by atoms with van der Waals surface area (Å²) < 4.78 is 5.25. The van der Waals surface area contributed by atoms with Crippen molar-refractivity contribution < 1.29 is 9.53 Å². The minimum absolute atomic E-state index is 0.0629. The van der Waals surface area contributed by atoms with Gasteiger partial charge in [0, 0.05) is 12.6 Å². The second-order valence-electron chi connectivity index (χ2n) is 3.32. The number of amides is 1. The van der Waals surface area contributed by atoms with Crippen LogP contribution in [0.2, 0.25) is 0 Å². The Bertz CT molecular complexity index is 149. The van der Waals surface area contributed by atoms with Crippen molar-refractivity contribution in [3.63, 3.8) is 0 Å². The molecule has 0 aromatic heterocycles. The maximum atomic E-state index is 11.3. The van der Waals surface area contributed by atoms with Crippen LogP contribution in [0.5, 0.6) is 0 Å². The Morgan fingerprint density at radius 2 is 2.08 bits per heavy atom. The highest BCUT2D eigenvalue weighted by atomic mass is 16.5. The zero-order valence-corrected chi connectivity index (χ0v) is 8.67. The first-order valence-electron chi connectivity index (χ1n) is 4.70. The minimum atomic E-state index is -0.381. The predicted octanol–water partition coefficient (Wildman–Crippen LogP) is 0.265. The molecule has 0 rings (SSSR count). The van der Waals surface area contributed by atoms with Crippen molar-refractivity contribution in [1.82, 2.24) is 5.32 Å². The number of ether oxygens (including phenoxy) is 1. The Hall–Kier alpha value is -0.610. The van der Waals surface area contributed by atoms with Crippen LogP contribution in [0.15, 0.2) is 0 Å². The number of nitrogens with two attached hydrogens (primary N) is 1. The highest BCUT2D eigenvalue weighted by Crippen LogP contribution is 1.93. The van der Waals surface area contributed by atoms with Crippen LogP contribution in [0.25, 0.3) is 0 Å². The van der Waals surface area contributed by atoms with Crippen molar-refractivity contribution in [2.75, 3.05) is 13.2 Å². The van der Waals surface area contributed by atoms with Crippen LogP contribution in [-0.4, -0.2) is 31.2 Å². The summed E-state index contributed by atoms with van der Waals surface area (Å²) in [5.41, 5.74) is 5.29. The van der Waals surface area contributed by atoms with Gasteiger partial charge in [0.25, 0.3) is 0 Å². The second kappa shape index (κ2) is 6.86. The average molecular weight is 188 g/mol. The molecule has 4 heteroatoms. The van der Waals surface area contributed by atoms with Crippen molar-refractivity contribution in [2.45, 2.75) is 39.3 Å². The summed E-state index contributed by atoms with van der Waals surface area (Å²) in [4.78, 5) is 11.3. The summed E-state index contributed by atoms with van der Waals surface area (Å²) in [6.45, 7) is 6.73. The maximum Gasteiger partial charge on any atom is 0.249 e. The lowest BCUT2D eigenvalue weighted by Crippen LogP contribution is -2.38. The van der Waals surface area contributed by atoms with Gasteiger partial charge in [-0.1, -0.05) is 0 Å². The fourth-order valence-corrected chi connectivity index (χ4v) is 0.821. The van der Waals surface area contributed by atoms with Gasteiger partial charge in [0.2, 0.25) is 5.91 Å². The molecule has 0 fully saturated rings. The van der Waals surface area contributed by atoms with Gasteiger partial charge in [-0.25, -0.2) is 0 Å². The largest absolute Gasteiger partial charge is 0.369 e. The lowest BCUT2D eigenvalue weighted by Gasteiger charge is -2.14. The minimum Gasteiger partial charge on any atom is -0.369 e. The van der Waals surface area contributed by atoms with E-state index in [0.29, 0.717) is 13.2 Å². The summed E-state index contributed by atoms with van der Waals surface area (Å²) >= 11 is 0. The first kappa shape index (κ1) is 12.4. The topological polar surface area (TPSA) is 64.3 Å². The third kappa shape index (κ3) is 6.54. The predicted molar refractivity (Wildman–Crippen MR) is 52.4 cm³/mol. The highest BCUT2D eigenvalue weighted by molar-refractivity contribution is 5.80. The van der Waals surface area contributed by atoms with E-state index >= 15 is 0 Å². The van der Waals surface area contributed by atoms with E-state index in [-0.39, 0.29) is 18.1 Å². The van der Waals surface area contributed by atoms with E-state index in [1.807, 2.05) is 13.8 Å². The molecule has 1 atom stereocenters. The molecule has 4 nitrogen and oxygen atoms in total. The summed E-state index contributed by atoms with van der Waals surface area (Å²) in [6, 6.07) is 0.160. The zero-order valence-electron chi connectivity index (χ0n) is 8.67. The van der Waals surface area contributed by atoms with Gasteiger partial charge in [0.05, 0.1) is 0 Å². The van der Waals surface area contributed by atoms with Crippen LogP contribution in [0.4, 0.5) is 0 Å². The van der Waals surface area contributed by atoms with Crippen molar-refractivity contribution in [3.05, 3.63) is 0 Å². The quantitative estimate of drug-likeness (QED) is 0.588. The molecule has 0 heterocycles. The molecule has 0 aliphatic rings. The van der Waals surface area contributed by atoms with Crippen molar-refractivity contribution in [3.8, 4) is 0 Å². The van der Waals surface area contributed by atoms with Crippen LogP contribution in [0.1, 0.15) is 27.2 Å². The Labute approximate surface area is 79.8 Å². The molecular formula is C9H20N2O2. The third-order valence-electron chi connectivity index (χ3n) is 1.52. The lowest BCUT2D eigenvalue weighted by atomic mass is 10.3. The monoisotopic (exact) mass is 188 g/mol. The van der Waals surface area contributed by atoms with Gasteiger partial charge in [-0.2, -0.15) is 0 Å². The first-order chi connectivity index (χ1) is 6.07. The Morgan fingerprint density at radius 1 is 1.46 bits per heavy atom. The fraction of sp³-hybridized carbons (Fsp3) is 0.889. The van der Waals surface area contributed by atoms with Gasteiger partial charge >= 0.3 is 0 Å². The van der Waals surface area contributed by atoms with E-state index in [1.165, 1.54) is 0 Å². The number of nitrogens with one attached hydrogen (secondary N) is 1. The summed E-state index contributed by atoms with van der Waals surface area (Å²) in [7, 11) is 0. The molecule has 0 aromatic carbocycles. The van der Waals surface area contributed by atoms with E-state index in [1.54, 1.807) is 6.92 Å². The zero-order chi connectivity index (χ0) is 10.3. The number of hydrogen-bond acceptors (Lipinski definition) is 3. The number of carbonyl (C=O) groups is 1. The molecule has 0 saturated heterocycles. The molecular weight excluding hydrogens is 168 g/mol. The van der Waals surface area contributed by atoms with Crippen molar-refractivity contribution in [2.24, 2.45) is 5.73 Å². The Morgan fingerprint density at radius 3 is 2.54 bits per heavy atom. The molecule has 1 unspecified atom stereocenters. The second-order valence-corrected chi connectivity index (χ2v) is 3.32. The molecule has 1 amide bonds. The molecule has 0 aliphatic carbocycles. The number of carbonyl (C=O) groups excluding carboxylic acids is 1. The van der Waals surface area contributed by atoms with E-state index < -0.39 is 0 Å². The lowest BCUT2D eigenvalue weighted by molar-refractivity contribution is -0.132. The summed E-state index contributed by atoms with van der Waals surface area (Å²) in [5, 5.41) is 2.77. The van der Waals surface area contributed by atoms with Gasteiger partial charge in [-0.15, -0.1) is 0 Å². The van der Waals surface area contributed by atoms with Crippen molar-refractivity contribution >= 4 is 5.91 Å². The average Bonchev–Trinajstić information content (AvgIpc) is 2.03. The fourth-order valence-electron chi connectivity index (χ4n) is 0.821. The van der Waals surface area contributed by atoms with Gasteiger partial charge in [-0.05, 0) is 33.7 Å². The van der Waals surface area contributed by atoms with Crippen LogP contribution in [0.3, 0.4) is 0 Å². The molecule has 0 spiro atoms. The number of hydrogen-bond donors (Lipinski definition) is 2. The van der Waals surface area contributed by atoms with Crippen LogP contribution >= 0.6 is 0 Å².